The van der Waals surface area contributed by atoms with E-state index in [-0.39, 0.29) is 17.3 Å². The van der Waals surface area contributed by atoms with Crippen LogP contribution >= 0.6 is 0 Å². The second kappa shape index (κ2) is 20.8. The number of rotatable bonds is 7. The number of carbonyl (C=O) groups excluding carboxylic acids is 1. The highest BCUT2D eigenvalue weighted by Crippen LogP contribution is 2.37. The van der Waals surface area contributed by atoms with Crippen LogP contribution in [0.3, 0.4) is 0 Å². The fraction of sp³-hybridized carbons (Fsp3) is 0.861. The zero-order chi connectivity index (χ0) is 30.1. The fourth-order valence-corrected chi connectivity index (χ4v) is 5.65. The Labute approximate surface area is 240 Å². The van der Waals surface area contributed by atoms with Crippen LogP contribution in [0.1, 0.15) is 148 Å². The Morgan fingerprint density at radius 1 is 0.974 bits per heavy atom. The molecular weight excluding hydrogens is 464 g/mol. The zero-order valence-electron chi connectivity index (χ0n) is 28.0. The minimum absolute atomic E-state index is 0.0205. The first-order valence-corrected chi connectivity index (χ1v) is 16.0. The molecule has 224 valence electrons. The quantitative estimate of drug-likeness (QED) is 0.261. The third-order valence-electron chi connectivity index (χ3n) is 8.65. The van der Waals surface area contributed by atoms with Crippen molar-refractivity contribution < 1.29 is 9.90 Å². The SMILES string of the molecule is C#C/C(=C\C(C)(C)C)C(C)=O.CC.CC1CCC(O)C(C(C)CC(C)C(C)C)C1.CCC1CCC(CC)C1. The lowest BCUT2D eigenvalue weighted by Crippen LogP contribution is -2.33. The van der Waals surface area contributed by atoms with Crippen molar-refractivity contribution in [1.82, 2.24) is 0 Å². The summed E-state index contributed by atoms with van der Waals surface area (Å²) in [5.74, 6) is 8.06. The molecule has 2 heteroatoms. The number of Topliss-reactive ketones (excluding diaryl/α,β-unsaturated/α-hetero) is 1. The van der Waals surface area contributed by atoms with Gasteiger partial charge in [0.2, 0.25) is 0 Å². The molecule has 1 N–H and O–H groups in total. The van der Waals surface area contributed by atoms with Crippen molar-refractivity contribution in [2.75, 3.05) is 0 Å². The van der Waals surface area contributed by atoms with E-state index in [1.807, 2.05) is 40.7 Å². The van der Waals surface area contributed by atoms with Gasteiger partial charge < -0.3 is 5.11 Å². The average molecular weight is 533 g/mol. The molecule has 2 rings (SSSR count). The van der Waals surface area contributed by atoms with Crippen molar-refractivity contribution in [3.05, 3.63) is 11.6 Å². The predicted octanol–water partition coefficient (Wildman–Crippen LogP) is 10.5. The molecule has 38 heavy (non-hydrogen) atoms. The highest BCUT2D eigenvalue weighted by atomic mass is 16.3. The Bertz CT molecular complexity index is 664. The van der Waals surface area contributed by atoms with Gasteiger partial charge in [-0.05, 0) is 85.9 Å². The molecule has 0 spiro atoms. The van der Waals surface area contributed by atoms with Gasteiger partial charge in [0.05, 0.1) is 11.7 Å². The van der Waals surface area contributed by atoms with Crippen molar-refractivity contribution >= 4 is 5.78 Å². The Morgan fingerprint density at radius 3 is 1.79 bits per heavy atom. The second-order valence-electron chi connectivity index (χ2n) is 13.6. The standard InChI is InChI=1S/C15H30O.C10H14O.C9H18.C2H6/c1-10(2)12(4)9-13(5)14-8-11(3)6-7-15(14)16;1-6-9(8(2)11)7-10(3,4)5;1-3-8-5-6-9(4-2)7-8;1-2/h10-16H,6-9H2,1-5H3;1,7H,2-5H3;8-9H,3-7H2,1-2H3;1-2H3/b;9-7+;;. The molecule has 2 aliphatic carbocycles. The van der Waals surface area contributed by atoms with Crippen LogP contribution in [0.2, 0.25) is 0 Å². The Kier molecular flexibility index (Phi) is 21.4. The van der Waals surface area contributed by atoms with Gasteiger partial charge in [-0.1, -0.05) is 121 Å². The Balaban J connectivity index is 0. The molecule has 2 aliphatic rings. The lowest BCUT2D eigenvalue weighted by Gasteiger charge is -2.37. The molecule has 2 nitrogen and oxygen atoms in total. The van der Waals surface area contributed by atoms with Crippen molar-refractivity contribution in [3.63, 3.8) is 0 Å². The molecule has 0 aromatic rings. The summed E-state index contributed by atoms with van der Waals surface area (Å²) in [6.45, 7) is 27.8. The third kappa shape index (κ3) is 17.5. The average Bonchev–Trinajstić information content (AvgIpc) is 3.33. The highest BCUT2D eigenvalue weighted by Gasteiger charge is 2.31. The van der Waals surface area contributed by atoms with Crippen LogP contribution in [-0.4, -0.2) is 17.0 Å². The maximum Gasteiger partial charge on any atom is 0.167 e. The molecule has 0 aliphatic heterocycles. The minimum Gasteiger partial charge on any atom is -0.393 e. The number of hydrogen-bond donors (Lipinski definition) is 1. The van der Waals surface area contributed by atoms with Gasteiger partial charge in [-0.2, -0.15) is 0 Å². The summed E-state index contributed by atoms with van der Waals surface area (Å²) >= 11 is 0. The second-order valence-corrected chi connectivity index (χ2v) is 13.6. The Morgan fingerprint density at radius 2 is 1.47 bits per heavy atom. The van der Waals surface area contributed by atoms with E-state index in [0.29, 0.717) is 17.4 Å². The van der Waals surface area contributed by atoms with E-state index in [1.54, 1.807) is 0 Å². The van der Waals surface area contributed by atoms with E-state index in [1.165, 1.54) is 58.3 Å². The summed E-state index contributed by atoms with van der Waals surface area (Å²) in [5, 5.41) is 10.1. The van der Waals surface area contributed by atoms with Gasteiger partial charge in [-0.3, -0.25) is 4.79 Å². The Hall–Kier alpha value is -1.07. The van der Waals surface area contributed by atoms with E-state index in [4.69, 9.17) is 6.42 Å². The number of ketones is 1. The maximum absolute atomic E-state index is 10.8. The van der Waals surface area contributed by atoms with Crippen molar-refractivity contribution in [3.8, 4) is 12.3 Å². The number of carbonyl (C=O) groups is 1. The first kappa shape index (κ1) is 39.1. The first-order chi connectivity index (χ1) is 17.6. The third-order valence-corrected chi connectivity index (χ3v) is 8.65. The van der Waals surface area contributed by atoms with Gasteiger partial charge in [0.25, 0.3) is 0 Å². The largest absolute Gasteiger partial charge is 0.393 e. The van der Waals surface area contributed by atoms with E-state index < -0.39 is 0 Å². The maximum atomic E-state index is 10.8. The summed E-state index contributed by atoms with van der Waals surface area (Å²) in [6.07, 6.45) is 19.0. The molecule has 0 radical (unpaired) electrons. The lowest BCUT2D eigenvalue weighted by molar-refractivity contribution is -0.113. The summed E-state index contributed by atoms with van der Waals surface area (Å²) < 4.78 is 0. The monoisotopic (exact) mass is 533 g/mol. The lowest BCUT2D eigenvalue weighted by atomic mass is 9.71. The molecular formula is C36H68O2. The molecule has 0 aromatic heterocycles. The van der Waals surface area contributed by atoms with Crippen LogP contribution in [0.5, 0.6) is 0 Å². The number of hydrogen-bond acceptors (Lipinski definition) is 2. The van der Waals surface area contributed by atoms with Crippen LogP contribution in [0.4, 0.5) is 0 Å². The van der Waals surface area contributed by atoms with Crippen LogP contribution in [0.15, 0.2) is 11.6 Å². The van der Waals surface area contributed by atoms with Gasteiger partial charge in [-0.25, -0.2) is 0 Å². The molecule has 2 fully saturated rings. The van der Waals surface area contributed by atoms with Gasteiger partial charge in [0.1, 0.15) is 0 Å². The number of terminal acetylenes is 1. The topological polar surface area (TPSA) is 37.3 Å². The van der Waals surface area contributed by atoms with Crippen LogP contribution in [-0.2, 0) is 4.79 Å². The molecule has 0 saturated heterocycles. The van der Waals surface area contributed by atoms with Crippen LogP contribution in [0.25, 0.3) is 0 Å². The summed E-state index contributed by atoms with van der Waals surface area (Å²) in [7, 11) is 0. The van der Waals surface area contributed by atoms with Crippen LogP contribution in [0, 0.1) is 59.2 Å². The molecule has 2 saturated carbocycles. The van der Waals surface area contributed by atoms with Crippen LogP contribution < -0.4 is 0 Å². The highest BCUT2D eigenvalue weighted by molar-refractivity contribution is 5.97. The van der Waals surface area contributed by atoms with Gasteiger partial charge in [-0.15, -0.1) is 6.42 Å². The van der Waals surface area contributed by atoms with Crippen molar-refractivity contribution in [2.24, 2.45) is 46.8 Å². The molecule has 0 bridgehead atoms. The van der Waals surface area contributed by atoms with E-state index in [9.17, 15) is 9.90 Å². The molecule has 0 heterocycles. The number of aliphatic hydroxyl groups is 1. The van der Waals surface area contributed by atoms with E-state index in [2.05, 4.69) is 54.4 Å². The summed E-state index contributed by atoms with van der Waals surface area (Å²) in [6, 6.07) is 0. The van der Waals surface area contributed by atoms with Crippen molar-refractivity contribution in [1.29, 1.82) is 0 Å². The first-order valence-electron chi connectivity index (χ1n) is 16.0. The van der Waals surface area contributed by atoms with Crippen molar-refractivity contribution in [2.45, 2.75) is 154 Å². The van der Waals surface area contributed by atoms with Gasteiger partial charge >= 0.3 is 0 Å². The normalized spacial score (nSPS) is 26.9. The number of allylic oxidation sites excluding steroid dienone is 2. The summed E-state index contributed by atoms with van der Waals surface area (Å²) in [4.78, 5) is 10.8. The predicted molar refractivity (Wildman–Crippen MR) is 170 cm³/mol. The summed E-state index contributed by atoms with van der Waals surface area (Å²) in [5.41, 5.74) is 0.449. The fourth-order valence-electron chi connectivity index (χ4n) is 5.65. The zero-order valence-corrected chi connectivity index (χ0v) is 28.0. The van der Waals surface area contributed by atoms with Gasteiger partial charge in [0, 0.05) is 0 Å². The van der Waals surface area contributed by atoms with E-state index >= 15 is 0 Å². The van der Waals surface area contributed by atoms with E-state index in [0.717, 1.165) is 36.0 Å². The molecule has 0 amide bonds. The molecule has 7 unspecified atom stereocenters. The molecule has 7 atom stereocenters. The van der Waals surface area contributed by atoms with Gasteiger partial charge in [0.15, 0.2) is 5.78 Å². The minimum atomic E-state index is -0.0394. The number of aliphatic hydroxyl groups excluding tert-OH is 1. The molecule has 0 aromatic carbocycles. The smallest absolute Gasteiger partial charge is 0.167 e.